The number of fused-ring (bicyclic) bond motifs is 1. The first-order valence-corrected chi connectivity index (χ1v) is 10.4. The van der Waals surface area contributed by atoms with Crippen molar-refractivity contribution in [1.82, 2.24) is 5.48 Å². The minimum Gasteiger partial charge on any atom is -0.489 e. The SMILES string of the molecule is CCOC(=O)C1(Cc2ccc(OCc3cccc4ccccc34)cc2)CC1C(=O)NO. The van der Waals surface area contributed by atoms with Gasteiger partial charge in [-0.25, -0.2) is 5.48 Å². The fourth-order valence-electron chi connectivity index (χ4n) is 4.14. The molecule has 4 rings (SSSR count). The highest BCUT2D eigenvalue weighted by atomic mass is 16.5. The van der Waals surface area contributed by atoms with Gasteiger partial charge in [0.05, 0.1) is 17.9 Å². The van der Waals surface area contributed by atoms with E-state index in [1.54, 1.807) is 12.4 Å². The van der Waals surface area contributed by atoms with Gasteiger partial charge in [-0.05, 0) is 53.8 Å². The van der Waals surface area contributed by atoms with Gasteiger partial charge in [0.2, 0.25) is 5.91 Å². The molecule has 1 aliphatic carbocycles. The molecule has 2 unspecified atom stereocenters. The Labute approximate surface area is 180 Å². The Kier molecular flexibility index (Phi) is 5.91. The van der Waals surface area contributed by atoms with Gasteiger partial charge >= 0.3 is 5.97 Å². The number of hydrogen-bond acceptors (Lipinski definition) is 5. The van der Waals surface area contributed by atoms with Crippen LogP contribution in [0, 0.1) is 11.3 Å². The Balaban J connectivity index is 1.44. The third-order valence-corrected chi connectivity index (χ3v) is 5.90. The normalized spacial score (nSPS) is 19.6. The van der Waals surface area contributed by atoms with Gasteiger partial charge in [-0.3, -0.25) is 14.8 Å². The maximum Gasteiger partial charge on any atom is 0.313 e. The molecule has 0 aromatic heterocycles. The molecule has 2 atom stereocenters. The van der Waals surface area contributed by atoms with Crippen LogP contribution in [0.15, 0.2) is 66.7 Å². The van der Waals surface area contributed by atoms with E-state index < -0.39 is 23.2 Å². The van der Waals surface area contributed by atoms with E-state index in [-0.39, 0.29) is 6.61 Å². The second kappa shape index (κ2) is 8.78. The Bertz CT molecular complexity index is 1090. The number of esters is 1. The lowest BCUT2D eigenvalue weighted by Crippen LogP contribution is -2.30. The van der Waals surface area contributed by atoms with Gasteiger partial charge in [0, 0.05) is 0 Å². The van der Waals surface area contributed by atoms with Gasteiger partial charge in [-0.1, -0.05) is 54.6 Å². The molecule has 2 N–H and O–H groups in total. The van der Waals surface area contributed by atoms with E-state index in [0.717, 1.165) is 16.9 Å². The molecule has 0 spiro atoms. The molecule has 31 heavy (non-hydrogen) atoms. The third kappa shape index (κ3) is 4.25. The van der Waals surface area contributed by atoms with Crippen molar-refractivity contribution >= 4 is 22.6 Å². The standard InChI is InChI=1S/C25H25NO5/c1-2-30-24(28)25(15-22(25)23(27)26-29)14-17-10-12-20(13-11-17)31-16-19-8-5-7-18-6-3-4-9-21(18)19/h3-13,22,29H,2,14-16H2,1H3,(H,26,27). The summed E-state index contributed by atoms with van der Waals surface area (Å²) >= 11 is 0. The summed E-state index contributed by atoms with van der Waals surface area (Å²) in [5.41, 5.74) is 2.74. The molecular weight excluding hydrogens is 394 g/mol. The summed E-state index contributed by atoms with van der Waals surface area (Å²) in [6.07, 6.45) is 0.727. The highest BCUT2D eigenvalue weighted by Gasteiger charge is 2.64. The maximum absolute atomic E-state index is 12.5. The predicted octanol–water partition coefficient (Wildman–Crippen LogP) is 4.04. The lowest BCUT2D eigenvalue weighted by molar-refractivity contribution is -0.152. The monoisotopic (exact) mass is 419 g/mol. The van der Waals surface area contributed by atoms with Crippen molar-refractivity contribution in [2.24, 2.45) is 11.3 Å². The van der Waals surface area contributed by atoms with Crippen LogP contribution in [-0.4, -0.2) is 23.7 Å². The van der Waals surface area contributed by atoms with Crippen molar-refractivity contribution in [3.63, 3.8) is 0 Å². The van der Waals surface area contributed by atoms with Crippen LogP contribution in [0.25, 0.3) is 10.8 Å². The third-order valence-electron chi connectivity index (χ3n) is 5.90. The van der Waals surface area contributed by atoms with Gasteiger partial charge in [0.25, 0.3) is 0 Å². The predicted molar refractivity (Wildman–Crippen MR) is 116 cm³/mol. The molecule has 0 bridgehead atoms. The van der Waals surface area contributed by atoms with E-state index in [9.17, 15) is 9.59 Å². The number of nitrogens with one attached hydrogen (secondary N) is 1. The Morgan fingerprint density at radius 2 is 1.81 bits per heavy atom. The highest BCUT2D eigenvalue weighted by molar-refractivity contribution is 5.93. The molecule has 1 amide bonds. The van der Waals surface area contributed by atoms with Gasteiger partial charge < -0.3 is 9.47 Å². The molecule has 0 radical (unpaired) electrons. The van der Waals surface area contributed by atoms with Gasteiger partial charge in [0.1, 0.15) is 12.4 Å². The lowest BCUT2D eigenvalue weighted by Gasteiger charge is -2.16. The topological polar surface area (TPSA) is 84.9 Å². The molecule has 1 fully saturated rings. The summed E-state index contributed by atoms with van der Waals surface area (Å²) in [6, 6.07) is 21.9. The zero-order chi connectivity index (χ0) is 21.8. The Hall–Kier alpha value is -3.38. The first-order valence-electron chi connectivity index (χ1n) is 10.4. The number of ether oxygens (including phenoxy) is 2. The molecule has 0 heterocycles. The number of hydrogen-bond donors (Lipinski definition) is 2. The number of benzene rings is 3. The van der Waals surface area contributed by atoms with Crippen LogP contribution in [0.3, 0.4) is 0 Å². The second-order valence-corrected chi connectivity index (χ2v) is 7.86. The number of carbonyl (C=O) groups excluding carboxylic acids is 2. The van der Waals surface area contributed by atoms with E-state index in [4.69, 9.17) is 14.7 Å². The zero-order valence-corrected chi connectivity index (χ0v) is 17.3. The fraction of sp³-hybridized carbons (Fsp3) is 0.280. The van der Waals surface area contributed by atoms with E-state index in [1.807, 2.05) is 42.5 Å². The molecular formula is C25H25NO5. The zero-order valence-electron chi connectivity index (χ0n) is 17.3. The van der Waals surface area contributed by atoms with Crippen LogP contribution in [0.5, 0.6) is 5.75 Å². The fourth-order valence-corrected chi connectivity index (χ4v) is 4.14. The quantitative estimate of drug-likeness (QED) is 0.327. The largest absolute Gasteiger partial charge is 0.489 e. The summed E-state index contributed by atoms with van der Waals surface area (Å²) in [5, 5.41) is 11.3. The molecule has 3 aromatic carbocycles. The van der Waals surface area contributed by atoms with E-state index >= 15 is 0 Å². The summed E-state index contributed by atoms with van der Waals surface area (Å²) in [5.74, 6) is -0.816. The van der Waals surface area contributed by atoms with Crippen LogP contribution in [0.1, 0.15) is 24.5 Å². The second-order valence-electron chi connectivity index (χ2n) is 7.86. The van der Waals surface area contributed by atoms with Crippen molar-refractivity contribution in [1.29, 1.82) is 0 Å². The van der Waals surface area contributed by atoms with Crippen LogP contribution in [-0.2, 0) is 27.4 Å². The van der Waals surface area contributed by atoms with Crippen LogP contribution in [0.2, 0.25) is 0 Å². The van der Waals surface area contributed by atoms with Crippen molar-refractivity contribution in [2.45, 2.75) is 26.4 Å². The van der Waals surface area contributed by atoms with Crippen LogP contribution < -0.4 is 10.2 Å². The minimum absolute atomic E-state index is 0.245. The number of amides is 1. The average Bonchev–Trinajstić information content (AvgIpc) is 3.53. The van der Waals surface area contributed by atoms with E-state index in [1.165, 1.54) is 10.8 Å². The van der Waals surface area contributed by atoms with Crippen molar-refractivity contribution in [3.8, 4) is 5.75 Å². The Morgan fingerprint density at radius 1 is 1.06 bits per heavy atom. The molecule has 0 aliphatic heterocycles. The number of rotatable bonds is 8. The summed E-state index contributed by atoms with van der Waals surface area (Å²) in [6.45, 7) is 2.43. The molecule has 3 aromatic rings. The van der Waals surface area contributed by atoms with E-state index in [2.05, 4.69) is 24.3 Å². The summed E-state index contributed by atoms with van der Waals surface area (Å²) in [7, 11) is 0. The number of hydroxylamine groups is 1. The van der Waals surface area contributed by atoms with Crippen LogP contribution in [0.4, 0.5) is 0 Å². The average molecular weight is 419 g/mol. The molecule has 0 saturated heterocycles. The lowest BCUT2D eigenvalue weighted by atomic mass is 9.93. The van der Waals surface area contributed by atoms with Gasteiger partial charge in [-0.15, -0.1) is 0 Å². The summed E-state index contributed by atoms with van der Waals surface area (Å²) in [4.78, 5) is 24.4. The molecule has 160 valence electrons. The van der Waals surface area contributed by atoms with Gasteiger partial charge in [0.15, 0.2) is 0 Å². The van der Waals surface area contributed by atoms with E-state index in [0.29, 0.717) is 19.4 Å². The molecule has 1 saturated carbocycles. The highest BCUT2D eigenvalue weighted by Crippen LogP contribution is 2.56. The number of carbonyl (C=O) groups is 2. The minimum atomic E-state index is -0.922. The van der Waals surface area contributed by atoms with Crippen LogP contribution >= 0.6 is 0 Å². The Morgan fingerprint density at radius 3 is 2.55 bits per heavy atom. The molecule has 6 nitrogen and oxygen atoms in total. The van der Waals surface area contributed by atoms with Crippen molar-refractivity contribution in [3.05, 3.63) is 77.9 Å². The first kappa shape index (κ1) is 20.9. The smallest absolute Gasteiger partial charge is 0.313 e. The van der Waals surface area contributed by atoms with Crippen molar-refractivity contribution < 1.29 is 24.3 Å². The van der Waals surface area contributed by atoms with Crippen molar-refractivity contribution in [2.75, 3.05) is 6.61 Å². The molecule has 6 heteroatoms. The summed E-state index contributed by atoms with van der Waals surface area (Å²) < 4.78 is 11.2. The first-order chi connectivity index (χ1) is 15.1. The molecule has 1 aliphatic rings. The maximum atomic E-state index is 12.5. The van der Waals surface area contributed by atoms with Gasteiger partial charge in [-0.2, -0.15) is 0 Å².